The third-order valence-electron chi connectivity index (χ3n) is 3.87. The minimum Gasteiger partial charge on any atom is -0.352 e. The summed E-state index contributed by atoms with van der Waals surface area (Å²) in [6, 6.07) is 7.97. The summed E-state index contributed by atoms with van der Waals surface area (Å²) in [4.78, 5) is 16.6. The Bertz CT molecular complexity index is 422. The van der Waals surface area contributed by atoms with Gasteiger partial charge in [-0.25, -0.2) is 0 Å². The second kappa shape index (κ2) is 7.41. The Balaban J connectivity index is 1.86. The number of benzene rings is 1. The summed E-state index contributed by atoms with van der Waals surface area (Å²) in [5, 5.41) is 2.82. The fourth-order valence-corrected chi connectivity index (χ4v) is 2.55. The highest BCUT2D eigenvalue weighted by Gasteiger charge is 2.15. The highest BCUT2D eigenvalue weighted by atomic mass is 16.1. The van der Waals surface area contributed by atoms with E-state index in [1.165, 1.54) is 5.56 Å². The van der Waals surface area contributed by atoms with E-state index in [4.69, 9.17) is 0 Å². The van der Waals surface area contributed by atoms with E-state index in [1.54, 1.807) is 0 Å². The van der Waals surface area contributed by atoms with Crippen LogP contribution in [0.4, 0.5) is 0 Å². The van der Waals surface area contributed by atoms with Gasteiger partial charge in [0, 0.05) is 44.8 Å². The number of likely N-dealkylation sites (N-methyl/N-ethyl adjacent to an activating group) is 1. The zero-order chi connectivity index (χ0) is 14.4. The summed E-state index contributed by atoms with van der Waals surface area (Å²) in [5.41, 5.74) is 2.02. The van der Waals surface area contributed by atoms with Gasteiger partial charge in [0.05, 0.1) is 0 Å². The highest BCUT2D eigenvalue weighted by molar-refractivity contribution is 5.94. The molecule has 4 nitrogen and oxygen atoms in total. The Morgan fingerprint density at radius 1 is 1.05 bits per heavy atom. The molecule has 0 aliphatic carbocycles. The quantitative estimate of drug-likeness (QED) is 0.886. The number of hydrogen-bond donors (Lipinski definition) is 1. The number of nitrogens with one attached hydrogen (secondary N) is 1. The summed E-state index contributed by atoms with van der Waals surface area (Å²) in [6.45, 7) is 11.5. The van der Waals surface area contributed by atoms with E-state index in [1.807, 2.05) is 19.1 Å². The largest absolute Gasteiger partial charge is 0.352 e. The van der Waals surface area contributed by atoms with Crippen molar-refractivity contribution in [3.63, 3.8) is 0 Å². The molecule has 1 amide bonds. The van der Waals surface area contributed by atoms with Crippen molar-refractivity contribution in [2.45, 2.75) is 20.4 Å². The molecule has 0 unspecified atom stereocenters. The first-order valence-electron chi connectivity index (χ1n) is 7.54. The molecule has 1 aliphatic rings. The van der Waals surface area contributed by atoms with Crippen molar-refractivity contribution < 1.29 is 4.79 Å². The van der Waals surface area contributed by atoms with Gasteiger partial charge < -0.3 is 10.2 Å². The molecule has 0 saturated carbocycles. The standard InChI is InChI=1S/C16H25N3O/c1-3-17-16(20)15-7-5-14(6-8-15)13-19-11-9-18(4-2)10-12-19/h5-8H,3-4,9-13H2,1-2H3,(H,17,20). The topological polar surface area (TPSA) is 35.6 Å². The zero-order valence-electron chi connectivity index (χ0n) is 12.6. The van der Waals surface area contributed by atoms with Gasteiger partial charge in [-0.15, -0.1) is 0 Å². The first kappa shape index (κ1) is 15.0. The van der Waals surface area contributed by atoms with Crippen LogP contribution in [0.2, 0.25) is 0 Å². The molecule has 0 bridgehead atoms. The van der Waals surface area contributed by atoms with Crippen LogP contribution in [0, 0.1) is 0 Å². The normalized spacial score (nSPS) is 17.1. The highest BCUT2D eigenvalue weighted by Crippen LogP contribution is 2.10. The molecule has 2 rings (SSSR count). The predicted molar refractivity (Wildman–Crippen MR) is 81.8 cm³/mol. The SMILES string of the molecule is CCNC(=O)c1ccc(CN2CCN(CC)CC2)cc1. The summed E-state index contributed by atoms with van der Waals surface area (Å²) in [5.74, 6) is 0.00982. The van der Waals surface area contributed by atoms with Gasteiger partial charge >= 0.3 is 0 Å². The maximum absolute atomic E-state index is 11.7. The molecule has 4 heteroatoms. The number of amides is 1. The predicted octanol–water partition coefficient (Wildman–Crippen LogP) is 1.57. The van der Waals surface area contributed by atoms with Gasteiger partial charge in [0.2, 0.25) is 0 Å². The fourth-order valence-electron chi connectivity index (χ4n) is 2.55. The van der Waals surface area contributed by atoms with E-state index in [9.17, 15) is 4.79 Å². The smallest absolute Gasteiger partial charge is 0.251 e. The third-order valence-corrected chi connectivity index (χ3v) is 3.87. The lowest BCUT2D eigenvalue weighted by Crippen LogP contribution is -2.45. The average Bonchev–Trinajstić information content (AvgIpc) is 2.49. The number of piperazine rings is 1. The molecule has 0 radical (unpaired) electrons. The van der Waals surface area contributed by atoms with E-state index in [2.05, 4.69) is 34.2 Å². The Kier molecular flexibility index (Phi) is 5.56. The van der Waals surface area contributed by atoms with Crippen molar-refractivity contribution in [2.24, 2.45) is 0 Å². The van der Waals surface area contributed by atoms with Gasteiger partial charge in [0.15, 0.2) is 0 Å². The maximum atomic E-state index is 11.7. The van der Waals surface area contributed by atoms with Crippen molar-refractivity contribution in [1.82, 2.24) is 15.1 Å². The molecule has 0 aromatic heterocycles. The lowest BCUT2D eigenvalue weighted by molar-refractivity contribution is 0.0956. The summed E-state index contributed by atoms with van der Waals surface area (Å²) < 4.78 is 0. The third kappa shape index (κ3) is 4.05. The van der Waals surface area contributed by atoms with Crippen LogP contribution in [-0.2, 0) is 6.54 Å². The van der Waals surface area contributed by atoms with Crippen LogP contribution in [0.5, 0.6) is 0 Å². The number of carbonyl (C=O) groups is 1. The molecular formula is C16H25N3O. The minimum atomic E-state index is 0.00982. The van der Waals surface area contributed by atoms with Crippen LogP contribution in [0.15, 0.2) is 24.3 Å². The Morgan fingerprint density at radius 2 is 1.65 bits per heavy atom. The minimum absolute atomic E-state index is 0.00982. The van der Waals surface area contributed by atoms with Crippen molar-refractivity contribution in [3.05, 3.63) is 35.4 Å². The van der Waals surface area contributed by atoms with E-state index in [0.717, 1.165) is 44.8 Å². The van der Waals surface area contributed by atoms with Gasteiger partial charge in [0.1, 0.15) is 0 Å². The molecule has 1 saturated heterocycles. The van der Waals surface area contributed by atoms with Gasteiger partial charge in [-0.3, -0.25) is 9.69 Å². The molecular weight excluding hydrogens is 250 g/mol. The van der Waals surface area contributed by atoms with Crippen LogP contribution in [0.1, 0.15) is 29.8 Å². The maximum Gasteiger partial charge on any atom is 0.251 e. The fraction of sp³-hybridized carbons (Fsp3) is 0.562. The number of carbonyl (C=O) groups excluding carboxylic acids is 1. The lowest BCUT2D eigenvalue weighted by Gasteiger charge is -2.34. The average molecular weight is 275 g/mol. The molecule has 1 aromatic carbocycles. The van der Waals surface area contributed by atoms with Crippen molar-refractivity contribution in [2.75, 3.05) is 39.3 Å². The first-order valence-corrected chi connectivity index (χ1v) is 7.54. The number of nitrogens with zero attached hydrogens (tertiary/aromatic N) is 2. The van der Waals surface area contributed by atoms with Crippen LogP contribution in [-0.4, -0.2) is 55.0 Å². The molecule has 1 aromatic rings. The zero-order valence-corrected chi connectivity index (χ0v) is 12.6. The van der Waals surface area contributed by atoms with Crippen LogP contribution in [0.25, 0.3) is 0 Å². The Morgan fingerprint density at radius 3 is 2.20 bits per heavy atom. The summed E-state index contributed by atoms with van der Waals surface area (Å²) in [7, 11) is 0. The van der Waals surface area contributed by atoms with Gasteiger partial charge in [0.25, 0.3) is 5.91 Å². The van der Waals surface area contributed by atoms with Crippen molar-refractivity contribution in [3.8, 4) is 0 Å². The molecule has 110 valence electrons. The van der Waals surface area contributed by atoms with Gasteiger partial charge in [-0.1, -0.05) is 19.1 Å². The van der Waals surface area contributed by atoms with Crippen LogP contribution >= 0.6 is 0 Å². The Hall–Kier alpha value is -1.39. The molecule has 1 N–H and O–H groups in total. The van der Waals surface area contributed by atoms with E-state index >= 15 is 0 Å². The monoisotopic (exact) mass is 275 g/mol. The number of rotatable bonds is 5. The summed E-state index contributed by atoms with van der Waals surface area (Å²) in [6.07, 6.45) is 0. The van der Waals surface area contributed by atoms with Crippen LogP contribution in [0.3, 0.4) is 0 Å². The Labute approximate surface area is 121 Å². The first-order chi connectivity index (χ1) is 9.72. The van der Waals surface area contributed by atoms with Crippen molar-refractivity contribution in [1.29, 1.82) is 0 Å². The van der Waals surface area contributed by atoms with Crippen LogP contribution < -0.4 is 5.32 Å². The molecule has 0 spiro atoms. The van der Waals surface area contributed by atoms with E-state index < -0.39 is 0 Å². The molecule has 0 atom stereocenters. The molecule has 1 aliphatic heterocycles. The van der Waals surface area contributed by atoms with Crippen molar-refractivity contribution >= 4 is 5.91 Å². The molecule has 1 heterocycles. The summed E-state index contributed by atoms with van der Waals surface area (Å²) >= 11 is 0. The van der Waals surface area contributed by atoms with Gasteiger partial charge in [-0.2, -0.15) is 0 Å². The lowest BCUT2D eigenvalue weighted by atomic mass is 10.1. The number of hydrogen-bond acceptors (Lipinski definition) is 3. The molecule has 1 fully saturated rings. The molecule has 20 heavy (non-hydrogen) atoms. The second-order valence-electron chi connectivity index (χ2n) is 5.27. The second-order valence-corrected chi connectivity index (χ2v) is 5.27. The van der Waals surface area contributed by atoms with Gasteiger partial charge in [-0.05, 0) is 31.2 Å². The van der Waals surface area contributed by atoms with E-state index in [0.29, 0.717) is 6.54 Å². The van der Waals surface area contributed by atoms with E-state index in [-0.39, 0.29) is 5.91 Å².